The molecule has 1 atom stereocenters. The third kappa shape index (κ3) is 5.11. The van der Waals surface area contributed by atoms with Crippen LogP contribution < -0.4 is 10.1 Å². The maximum Gasteiger partial charge on any atom is 0.416 e. The average molecular weight is 548 g/mol. The van der Waals surface area contributed by atoms with Gasteiger partial charge in [0.15, 0.2) is 0 Å². The molecule has 3 aromatic carbocycles. The maximum atomic E-state index is 14.2. The molecule has 0 fully saturated rings. The molecule has 1 N–H and O–H groups in total. The van der Waals surface area contributed by atoms with Crippen LogP contribution in [0.4, 0.5) is 13.2 Å². The first-order chi connectivity index (χ1) is 18.9. The molecule has 206 valence electrons. The lowest BCUT2D eigenvalue weighted by Crippen LogP contribution is -2.48. The maximum absolute atomic E-state index is 14.2. The van der Waals surface area contributed by atoms with Crippen molar-refractivity contribution in [1.82, 2.24) is 15.2 Å². The van der Waals surface area contributed by atoms with Gasteiger partial charge in [0.25, 0.3) is 5.91 Å². The molecule has 9 heteroatoms. The first kappa shape index (κ1) is 27.2. The highest BCUT2D eigenvalue weighted by atomic mass is 19.4. The Morgan fingerprint density at radius 2 is 1.65 bits per heavy atom. The van der Waals surface area contributed by atoms with Crippen molar-refractivity contribution in [3.8, 4) is 16.9 Å². The van der Waals surface area contributed by atoms with Gasteiger partial charge < -0.3 is 15.0 Å². The van der Waals surface area contributed by atoms with Crippen molar-refractivity contribution in [1.29, 1.82) is 0 Å². The van der Waals surface area contributed by atoms with E-state index in [1.807, 2.05) is 42.5 Å². The standard InChI is InChI=1S/C31H28F3N3O3/c1-30(2,3)36-28(38)27(19-10-12-20(13-11-19)31(32,33)34)37-17-24-26(29(37)39)25(18-8-6-5-7-9-18)22-16-21(40-4)14-15-23(22)35-24/h5-16,27H,17H2,1-4H3,(H,36,38). The number of carbonyl (C=O) groups is 2. The summed E-state index contributed by atoms with van der Waals surface area (Å²) in [6, 6.07) is 18.0. The summed E-state index contributed by atoms with van der Waals surface area (Å²) >= 11 is 0. The Bertz CT molecular complexity index is 1590. The van der Waals surface area contributed by atoms with E-state index in [1.54, 1.807) is 33.9 Å². The number of amides is 2. The van der Waals surface area contributed by atoms with E-state index in [1.165, 1.54) is 17.0 Å². The van der Waals surface area contributed by atoms with Crippen LogP contribution >= 0.6 is 0 Å². The predicted octanol–water partition coefficient (Wildman–Crippen LogP) is 6.54. The van der Waals surface area contributed by atoms with E-state index < -0.39 is 35.1 Å². The number of pyridine rings is 1. The van der Waals surface area contributed by atoms with Gasteiger partial charge in [0.05, 0.1) is 36.0 Å². The Labute approximate surface area is 229 Å². The largest absolute Gasteiger partial charge is 0.497 e. The number of halogens is 3. The number of fused-ring (bicyclic) bond motifs is 2. The van der Waals surface area contributed by atoms with Crippen LogP contribution in [0.1, 0.15) is 54.0 Å². The summed E-state index contributed by atoms with van der Waals surface area (Å²) in [6.45, 7) is 5.40. The molecule has 0 spiro atoms. The summed E-state index contributed by atoms with van der Waals surface area (Å²) in [4.78, 5) is 34.0. The topological polar surface area (TPSA) is 71.5 Å². The van der Waals surface area contributed by atoms with Gasteiger partial charge in [-0.3, -0.25) is 14.6 Å². The Balaban J connectivity index is 1.67. The number of aromatic nitrogens is 1. The molecule has 0 saturated carbocycles. The summed E-state index contributed by atoms with van der Waals surface area (Å²) in [6.07, 6.45) is -4.53. The minimum Gasteiger partial charge on any atom is -0.497 e. The fourth-order valence-electron chi connectivity index (χ4n) is 5.02. The lowest BCUT2D eigenvalue weighted by atomic mass is 9.94. The molecule has 1 unspecified atom stereocenters. The van der Waals surface area contributed by atoms with Gasteiger partial charge in [-0.1, -0.05) is 42.5 Å². The molecule has 0 radical (unpaired) electrons. The van der Waals surface area contributed by atoms with E-state index in [9.17, 15) is 22.8 Å². The Morgan fingerprint density at radius 1 is 0.975 bits per heavy atom. The summed E-state index contributed by atoms with van der Waals surface area (Å²) in [5, 5.41) is 3.60. The van der Waals surface area contributed by atoms with Crippen molar-refractivity contribution in [2.24, 2.45) is 0 Å². The van der Waals surface area contributed by atoms with Crippen molar-refractivity contribution in [2.75, 3.05) is 7.11 Å². The number of rotatable bonds is 5. The van der Waals surface area contributed by atoms with Crippen LogP contribution in [0.5, 0.6) is 5.75 Å². The highest BCUT2D eigenvalue weighted by Crippen LogP contribution is 2.41. The second kappa shape index (κ2) is 9.97. The zero-order chi connectivity index (χ0) is 28.8. The third-order valence-electron chi connectivity index (χ3n) is 6.74. The highest BCUT2D eigenvalue weighted by Gasteiger charge is 2.41. The van der Waals surface area contributed by atoms with Gasteiger partial charge in [-0.15, -0.1) is 0 Å². The Hall–Kier alpha value is -4.40. The molecular weight excluding hydrogens is 519 g/mol. The van der Waals surface area contributed by atoms with Crippen LogP contribution in [0.2, 0.25) is 0 Å². The van der Waals surface area contributed by atoms with E-state index >= 15 is 0 Å². The van der Waals surface area contributed by atoms with Crippen LogP contribution in [0, 0.1) is 0 Å². The number of nitrogens with zero attached hydrogens (tertiary/aromatic N) is 2. The number of hydrogen-bond donors (Lipinski definition) is 1. The molecule has 2 heterocycles. The average Bonchev–Trinajstić information content (AvgIpc) is 3.21. The second-order valence-corrected chi connectivity index (χ2v) is 10.8. The van der Waals surface area contributed by atoms with Crippen LogP contribution in [0.25, 0.3) is 22.0 Å². The number of nitrogens with one attached hydrogen (secondary N) is 1. The molecule has 2 amide bonds. The van der Waals surface area contributed by atoms with Crippen molar-refractivity contribution >= 4 is 22.7 Å². The zero-order valence-corrected chi connectivity index (χ0v) is 22.5. The Kier molecular flexibility index (Phi) is 6.77. The minimum absolute atomic E-state index is 0.0131. The van der Waals surface area contributed by atoms with Gasteiger partial charge >= 0.3 is 6.18 Å². The van der Waals surface area contributed by atoms with Crippen molar-refractivity contribution in [2.45, 2.75) is 45.1 Å². The third-order valence-corrected chi connectivity index (χ3v) is 6.74. The number of alkyl halides is 3. The zero-order valence-electron chi connectivity index (χ0n) is 22.5. The van der Waals surface area contributed by atoms with Gasteiger partial charge in [0, 0.05) is 16.5 Å². The molecule has 1 aromatic heterocycles. The van der Waals surface area contributed by atoms with E-state index in [0.29, 0.717) is 33.5 Å². The Morgan fingerprint density at radius 3 is 2.25 bits per heavy atom. The quantitative estimate of drug-likeness (QED) is 0.308. The molecule has 0 bridgehead atoms. The highest BCUT2D eigenvalue weighted by molar-refractivity contribution is 6.12. The number of ether oxygens (including phenoxy) is 1. The molecule has 40 heavy (non-hydrogen) atoms. The van der Waals surface area contributed by atoms with Crippen LogP contribution in [-0.4, -0.2) is 34.3 Å². The van der Waals surface area contributed by atoms with E-state index in [2.05, 4.69) is 5.32 Å². The summed E-state index contributed by atoms with van der Waals surface area (Å²) in [5.41, 5.74) is 1.73. The van der Waals surface area contributed by atoms with Gasteiger partial charge in [0.2, 0.25) is 5.91 Å². The van der Waals surface area contributed by atoms with Gasteiger partial charge in [-0.05, 0) is 62.2 Å². The van der Waals surface area contributed by atoms with Crippen LogP contribution in [0.3, 0.4) is 0 Å². The van der Waals surface area contributed by atoms with E-state index in [4.69, 9.17) is 9.72 Å². The first-order valence-electron chi connectivity index (χ1n) is 12.7. The lowest BCUT2D eigenvalue weighted by molar-refractivity contribution is -0.137. The number of carbonyl (C=O) groups excluding carboxylic acids is 2. The molecule has 5 rings (SSSR count). The van der Waals surface area contributed by atoms with Crippen molar-refractivity contribution < 1.29 is 27.5 Å². The van der Waals surface area contributed by atoms with E-state index in [0.717, 1.165) is 17.7 Å². The molecular formula is C31H28F3N3O3. The monoisotopic (exact) mass is 547 g/mol. The molecule has 0 saturated heterocycles. The van der Waals surface area contributed by atoms with Crippen LogP contribution in [-0.2, 0) is 17.5 Å². The second-order valence-electron chi connectivity index (χ2n) is 10.8. The molecule has 6 nitrogen and oxygen atoms in total. The van der Waals surface area contributed by atoms with E-state index in [-0.39, 0.29) is 12.1 Å². The smallest absolute Gasteiger partial charge is 0.416 e. The number of benzene rings is 3. The van der Waals surface area contributed by atoms with Gasteiger partial charge in [-0.25, -0.2) is 0 Å². The SMILES string of the molecule is COc1ccc2nc3c(c(-c4ccccc4)c2c1)C(=O)N(C(C(=O)NC(C)(C)C)c1ccc(C(F)(F)F)cc1)C3. The van der Waals surface area contributed by atoms with Crippen molar-refractivity contribution in [3.63, 3.8) is 0 Å². The molecule has 4 aromatic rings. The van der Waals surface area contributed by atoms with Gasteiger partial charge in [-0.2, -0.15) is 13.2 Å². The fraction of sp³-hybridized carbons (Fsp3) is 0.258. The number of methoxy groups -OCH3 is 1. The van der Waals surface area contributed by atoms with Crippen LogP contribution in [0.15, 0.2) is 72.8 Å². The summed E-state index contributed by atoms with van der Waals surface area (Å²) < 4.78 is 45.3. The lowest BCUT2D eigenvalue weighted by Gasteiger charge is -2.31. The predicted molar refractivity (Wildman–Crippen MR) is 146 cm³/mol. The normalized spacial score (nSPS) is 14.3. The molecule has 1 aliphatic heterocycles. The minimum atomic E-state index is -4.53. The molecule has 0 aliphatic carbocycles. The summed E-state index contributed by atoms with van der Waals surface area (Å²) in [5.74, 6) is -0.332. The molecule has 1 aliphatic rings. The summed E-state index contributed by atoms with van der Waals surface area (Å²) in [7, 11) is 1.56. The number of hydrogen-bond acceptors (Lipinski definition) is 4. The fourth-order valence-corrected chi connectivity index (χ4v) is 5.02. The van der Waals surface area contributed by atoms with Crippen molar-refractivity contribution in [3.05, 3.63) is 95.2 Å². The van der Waals surface area contributed by atoms with Gasteiger partial charge in [0.1, 0.15) is 11.8 Å². The first-order valence-corrected chi connectivity index (χ1v) is 12.7.